The normalized spacial score (nSPS) is 9.61. The third-order valence-corrected chi connectivity index (χ3v) is 6.24. The number of hydrogen-bond donors (Lipinski definition) is 4. The third-order valence-electron chi connectivity index (χ3n) is 6.24. The van der Waals surface area contributed by atoms with Crippen LogP contribution in [0, 0.1) is 6.57 Å². The van der Waals surface area contributed by atoms with Gasteiger partial charge < -0.3 is 69.8 Å². The van der Waals surface area contributed by atoms with Crippen LogP contribution in [-0.2, 0) is 37.9 Å². The maximum atomic E-state index is 10.8. The molecule has 328 valence electrons. The van der Waals surface area contributed by atoms with Crippen molar-refractivity contribution >= 4 is 12.2 Å². The van der Waals surface area contributed by atoms with Gasteiger partial charge in [0.15, 0.2) is 0 Å². The van der Waals surface area contributed by atoms with Gasteiger partial charge in [-0.25, -0.2) is 21.1 Å². The Morgan fingerprint density at radius 3 is 1.37 bits per heavy atom. The van der Waals surface area contributed by atoms with Gasteiger partial charge in [0, 0.05) is 129 Å². The fourth-order valence-electron chi connectivity index (χ4n) is 3.27. The summed E-state index contributed by atoms with van der Waals surface area (Å²) >= 11 is 0. The second-order valence-electron chi connectivity index (χ2n) is 11.3. The molecule has 0 radical (unpaired) electrons. The van der Waals surface area contributed by atoms with Crippen molar-refractivity contribution in [3.63, 3.8) is 0 Å². The van der Waals surface area contributed by atoms with Crippen molar-refractivity contribution in [2.75, 3.05) is 184 Å². The van der Waals surface area contributed by atoms with Gasteiger partial charge in [-0.05, 0) is 72.8 Å². The Hall–Kier alpha value is -2.41. The highest BCUT2D eigenvalue weighted by Crippen LogP contribution is 1.91. The molecule has 0 fully saturated rings. The van der Waals surface area contributed by atoms with E-state index < -0.39 is 6.09 Å². The first-order valence-corrected chi connectivity index (χ1v) is 18.3. The number of likely N-dealkylation sites (N-methyl/N-ethyl adjacent to an activating group) is 1. The molecule has 18 nitrogen and oxygen atoms in total. The fraction of sp³-hybridized carbons (Fsp3) is 0.917. The number of nitrogens with one attached hydrogen (secondary N) is 2. The Balaban J connectivity index is -0.000000129. The second-order valence-corrected chi connectivity index (χ2v) is 11.3. The van der Waals surface area contributed by atoms with E-state index in [1.54, 1.807) is 49.7 Å². The summed E-state index contributed by atoms with van der Waals surface area (Å²) in [5.41, 5.74) is 10.5. The Bertz CT molecular complexity index is 721. The second kappa shape index (κ2) is 62.6. The minimum absolute atomic E-state index is 0.305. The van der Waals surface area contributed by atoms with E-state index in [1.807, 2.05) is 19.0 Å². The zero-order chi connectivity index (χ0) is 42.5. The smallest absolute Gasteiger partial charge is 0.409 e. The number of ether oxygens (including phenoxy) is 8. The lowest BCUT2D eigenvalue weighted by Crippen LogP contribution is -2.27. The van der Waals surface area contributed by atoms with Gasteiger partial charge in [-0.1, -0.05) is 0 Å². The van der Waals surface area contributed by atoms with E-state index >= 15 is 0 Å². The Morgan fingerprint density at radius 2 is 1.00 bits per heavy atom. The monoisotopic (exact) mass is 789 g/mol. The summed E-state index contributed by atoms with van der Waals surface area (Å²) in [7, 11) is 20.4. The van der Waals surface area contributed by atoms with Crippen LogP contribution in [0.25, 0.3) is 4.85 Å². The van der Waals surface area contributed by atoms with E-state index in [0.29, 0.717) is 33.0 Å². The number of hydrogen-bond acceptors (Lipinski definition) is 15. The van der Waals surface area contributed by atoms with E-state index in [4.69, 9.17) is 46.5 Å². The highest BCUT2D eigenvalue weighted by atomic mass is 16.5. The van der Waals surface area contributed by atoms with Crippen molar-refractivity contribution < 1.29 is 47.5 Å². The van der Waals surface area contributed by atoms with E-state index in [2.05, 4.69) is 36.9 Å². The van der Waals surface area contributed by atoms with E-state index in [1.165, 1.54) is 19.1 Å². The molecule has 0 saturated heterocycles. The molecule has 0 aromatic rings. The van der Waals surface area contributed by atoms with E-state index in [-0.39, 0.29) is 6.09 Å². The Labute approximate surface area is 329 Å². The quantitative estimate of drug-likeness (QED) is 0.0734. The molecule has 0 unspecified atom stereocenters. The SMILES string of the molecule is CNCCCOC.COCCCN.COCCCN(C)C(=O)OC.COCCCN(C)CCN.COCCCNC(=O)OC.[C-]#[N+]CN(C)CCCOC. The summed E-state index contributed by atoms with van der Waals surface area (Å²) in [5, 5.41) is 5.55. The lowest BCUT2D eigenvalue weighted by Gasteiger charge is -2.14. The highest BCUT2D eigenvalue weighted by molar-refractivity contribution is 5.67. The predicted octanol–water partition coefficient (Wildman–Crippen LogP) is 2.07. The highest BCUT2D eigenvalue weighted by Gasteiger charge is 2.05. The fourth-order valence-corrected chi connectivity index (χ4v) is 3.27. The van der Waals surface area contributed by atoms with Gasteiger partial charge in [-0.3, -0.25) is 4.85 Å². The van der Waals surface area contributed by atoms with Crippen LogP contribution in [0.3, 0.4) is 0 Å². The van der Waals surface area contributed by atoms with E-state index in [0.717, 1.165) is 104 Å². The van der Waals surface area contributed by atoms with Crippen LogP contribution in [0.15, 0.2) is 0 Å². The molecule has 6 N–H and O–H groups in total. The number of nitrogens with two attached hydrogens (primary N) is 2. The maximum absolute atomic E-state index is 10.8. The molecule has 0 aliphatic rings. The van der Waals surface area contributed by atoms with Crippen molar-refractivity contribution in [2.24, 2.45) is 11.5 Å². The lowest BCUT2D eigenvalue weighted by molar-refractivity contribution is 0.126. The summed E-state index contributed by atoms with van der Waals surface area (Å²) in [5.74, 6) is 0. The largest absolute Gasteiger partial charge is 0.453 e. The molecule has 0 atom stereocenters. The van der Waals surface area contributed by atoms with Gasteiger partial charge in [0.25, 0.3) is 6.67 Å². The molecular weight excluding hydrogens is 704 g/mol. The average Bonchev–Trinajstić information content (AvgIpc) is 3.17. The summed E-state index contributed by atoms with van der Waals surface area (Å²) in [6.45, 7) is 18.4. The van der Waals surface area contributed by atoms with Gasteiger partial charge >= 0.3 is 12.2 Å². The number of carbonyl (C=O) groups is 2. The van der Waals surface area contributed by atoms with Crippen molar-refractivity contribution in [3.05, 3.63) is 11.4 Å². The van der Waals surface area contributed by atoms with Gasteiger partial charge in [-0.15, -0.1) is 0 Å². The molecule has 0 aromatic heterocycles. The number of rotatable bonds is 26. The molecule has 0 rings (SSSR count). The first kappa shape index (κ1) is 63.5. The van der Waals surface area contributed by atoms with Gasteiger partial charge in [0.05, 0.1) is 14.2 Å². The first-order valence-electron chi connectivity index (χ1n) is 18.3. The molecule has 0 spiro atoms. The molecular formula is C36H84N8O10. The molecule has 0 aromatic carbocycles. The number of alkyl carbamates (subject to hydrolysis) is 1. The van der Waals surface area contributed by atoms with Crippen molar-refractivity contribution in [1.29, 1.82) is 0 Å². The number of nitrogens with zero attached hydrogens (tertiary/aromatic N) is 4. The van der Waals surface area contributed by atoms with Crippen LogP contribution in [0.4, 0.5) is 9.59 Å². The van der Waals surface area contributed by atoms with Gasteiger partial charge in [0.2, 0.25) is 0 Å². The number of carbonyl (C=O) groups excluding carboxylic acids is 2. The minimum atomic E-state index is -0.392. The molecule has 18 heteroatoms. The van der Waals surface area contributed by atoms with Crippen LogP contribution in [-0.4, -0.2) is 211 Å². The number of amides is 2. The van der Waals surface area contributed by atoms with Crippen molar-refractivity contribution in [3.8, 4) is 0 Å². The van der Waals surface area contributed by atoms with Crippen LogP contribution in [0.5, 0.6) is 0 Å². The van der Waals surface area contributed by atoms with Gasteiger partial charge in [0.1, 0.15) is 0 Å². The minimum Gasteiger partial charge on any atom is -0.453 e. The van der Waals surface area contributed by atoms with Crippen LogP contribution >= 0.6 is 0 Å². The summed E-state index contributed by atoms with van der Waals surface area (Å²) < 4.78 is 37.7. The summed E-state index contributed by atoms with van der Waals surface area (Å²) in [6.07, 6.45) is 5.12. The summed E-state index contributed by atoms with van der Waals surface area (Å²) in [6, 6.07) is 0. The maximum Gasteiger partial charge on any atom is 0.409 e. The molecule has 2 amide bonds. The van der Waals surface area contributed by atoms with E-state index in [9.17, 15) is 9.59 Å². The molecule has 54 heavy (non-hydrogen) atoms. The lowest BCUT2D eigenvalue weighted by atomic mass is 10.4. The molecule has 0 aliphatic carbocycles. The Morgan fingerprint density at radius 1 is 0.574 bits per heavy atom. The summed E-state index contributed by atoms with van der Waals surface area (Å²) in [4.78, 5) is 30.1. The topological polar surface area (TPSA) is 198 Å². The number of methoxy groups -OCH3 is 8. The molecule has 0 saturated carbocycles. The van der Waals surface area contributed by atoms with Crippen LogP contribution in [0.2, 0.25) is 0 Å². The standard InChI is InChI=1S/C7H14N2O.C7H18N2O.C7H15NO3.C6H13NO3.C5H13NO.C4H11NO/c1-8-7-9(2)5-4-6-10-3;1-9(6-4-8)5-3-7-10-2;1-8(7(9)11-3)5-4-6-10-2;1-9-5-3-4-7-6(8)10-2;1-6-4-3-5-7-2;1-6-4-2-3-5/h4-7H2,2-3H3;3-8H2,1-2H3;4-6H2,1-3H3;3-5H2,1-2H3,(H,7,8);6H,3-5H2,1-2H3;2-5H2,1H3. The zero-order valence-corrected chi connectivity index (χ0v) is 36.4. The molecule has 0 bridgehead atoms. The molecule has 0 aliphatic heterocycles. The first-order chi connectivity index (χ1) is 26.0. The van der Waals surface area contributed by atoms with Gasteiger partial charge in [-0.2, -0.15) is 0 Å². The average molecular weight is 789 g/mol. The van der Waals surface area contributed by atoms with Crippen LogP contribution in [0.1, 0.15) is 38.5 Å². The third kappa shape index (κ3) is 74.7. The van der Waals surface area contributed by atoms with Crippen molar-refractivity contribution in [1.82, 2.24) is 25.3 Å². The van der Waals surface area contributed by atoms with Crippen LogP contribution < -0.4 is 22.1 Å². The van der Waals surface area contributed by atoms with Crippen molar-refractivity contribution in [2.45, 2.75) is 38.5 Å². The predicted molar refractivity (Wildman–Crippen MR) is 218 cm³/mol. The zero-order valence-electron chi connectivity index (χ0n) is 36.4. The Kier molecular flexibility index (Phi) is 73.6. The molecule has 0 heterocycles.